The van der Waals surface area contributed by atoms with Crippen molar-refractivity contribution in [2.45, 2.75) is 6.54 Å². The maximum absolute atomic E-state index is 13.4. The molecule has 0 atom stereocenters. The molecule has 0 unspecified atom stereocenters. The summed E-state index contributed by atoms with van der Waals surface area (Å²) in [5, 5.41) is 6.45. The van der Waals surface area contributed by atoms with Gasteiger partial charge < -0.3 is 25.8 Å². The van der Waals surface area contributed by atoms with Crippen LogP contribution < -0.4 is 25.8 Å². The van der Waals surface area contributed by atoms with Crippen LogP contribution in [-0.2, 0) is 6.54 Å². The van der Waals surface area contributed by atoms with E-state index in [1.807, 2.05) is 24.3 Å². The van der Waals surface area contributed by atoms with Crippen molar-refractivity contribution in [3.05, 3.63) is 100 Å². The Morgan fingerprint density at radius 3 is 2.31 bits per heavy atom. The molecule has 0 radical (unpaired) electrons. The van der Waals surface area contributed by atoms with Crippen molar-refractivity contribution in [2.24, 2.45) is 0 Å². The van der Waals surface area contributed by atoms with Crippen LogP contribution in [0.15, 0.2) is 72.8 Å². The predicted molar refractivity (Wildman–Crippen MR) is 139 cm³/mol. The van der Waals surface area contributed by atoms with Crippen molar-refractivity contribution in [3.8, 4) is 11.5 Å². The molecule has 0 saturated heterocycles. The fourth-order valence-corrected chi connectivity index (χ4v) is 4.64. The number of ether oxygens (including phenoxy) is 2. The van der Waals surface area contributed by atoms with E-state index in [1.54, 1.807) is 38.5 Å². The van der Waals surface area contributed by atoms with Gasteiger partial charge >= 0.3 is 0 Å². The molecule has 0 aliphatic carbocycles. The number of ketones is 1. The summed E-state index contributed by atoms with van der Waals surface area (Å²) in [6.07, 6.45) is 0. The van der Waals surface area contributed by atoms with Crippen molar-refractivity contribution in [2.75, 3.05) is 25.3 Å². The van der Waals surface area contributed by atoms with E-state index in [0.29, 0.717) is 22.2 Å². The van der Waals surface area contributed by atoms with Crippen molar-refractivity contribution >= 4 is 39.4 Å². The molecule has 1 amide bonds. The zero-order valence-corrected chi connectivity index (χ0v) is 20.4. The Labute approximate surface area is 211 Å². The molecule has 1 aromatic heterocycles. The summed E-state index contributed by atoms with van der Waals surface area (Å²) in [6, 6.07) is 19.6. The van der Waals surface area contributed by atoms with Crippen LogP contribution in [0.3, 0.4) is 0 Å². The highest BCUT2D eigenvalue weighted by atomic mass is 32.1. The van der Waals surface area contributed by atoms with Crippen molar-refractivity contribution in [1.82, 2.24) is 5.32 Å². The summed E-state index contributed by atoms with van der Waals surface area (Å²) in [4.78, 5) is 26.7. The number of rotatable bonds is 9. The van der Waals surface area contributed by atoms with E-state index in [2.05, 4.69) is 10.6 Å². The number of nitrogens with two attached hydrogens (primary N) is 1. The van der Waals surface area contributed by atoms with Crippen LogP contribution in [0.25, 0.3) is 0 Å². The number of nitrogens with one attached hydrogen (secondary N) is 2. The van der Waals surface area contributed by atoms with Crippen molar-refractivity contribution < 1.29 is 23.5 Å². The number of benzene rings is 3. The topological polar surface area (TPSA) is 103 Å². The van der Waals surface area contributed by atoms with E-state index < -0.39 is 17.5 Å². The molecule has 184 valence electrons. The molecule has 0 aliphatic rings. The predicted octanol–water partition coefficient (Wildman–Crippen LogP) is 5.39. The average Bonchev–Trinajstić information content (AvgIpc) is 3.22. The quantitative estimate of drug-likeness (QED) is 0.264. The standard InChI is InChI=1S/C27H24FN3O4S/c1-34-20-7-3-5-16(13-20)15-30-26(33)22-23(29)25(24(32)17-9-11-18(28)12-10-17)36-27(22)31-19-6-4-8-21(14-19)35-2/h3-14,31H,15,29H2,1-2H3,(H,30,33). The number of thiophene rings is 1. The molecule has 4 N–H and O–H groups in total. The van der Waals surface area contributed by atoms with Gasteiger partial charge in [0.15, 0.2) is 0 Å². The van der Waals surface area contributed by atoms with E-state index in [-0.39, 0.29) is 28.2 Å². The van der Waals surface area contributed by atoms with E-state index in [1.165, 1.54) is 24.3 Å². The molecular weight excluding hydrogens is 481 g/mol. The summed E-state index contributed by atoms with van der Waals surface area (Å²) < 4.78 is 23.9. The van der Waals surface area contributed by atoms with E-state index in [4.69, 9.17) is 15.2 Å². The van der Waals surface area contributed by atoms with Gasteiger partial charge in [0.25, 0.3) is 5.91 Å². The van der Waals surface area contributed by atoms with Gasteiger partial charge in [-0.1, -0.05) is 18.2 Å². The first-order valence-corrected chi connectivity index (χ1v) is 11.8. The third-order valence-electron chi connectivity index (χ3n) is 5.40. The van der Waals surface area contributed by atoms with Crippen LogP contribution in [0.1, 0.15) is 31.2 Å². The number of hydrogen-bond acceptors (Lipinski definition) is 7. The lowest BCUT2D eigenvalue weighted by atomic mass is 10.1. The van der Waals surface area contributed by atoms with Gasteiger partial charge in [0.05, 0.1) is 25.5 Å². The second-order valence-corrected chi connectivity index (χ2v) is 8.80. The normalized spacial score (nSPS) is 10.5. The smallest absolute Gasteiger partial charge is 0.256 e. The zero-order valence-electron chi connectivity index (χ0n) is 19.6. The highest BCUT2D eigenvalue weighted by Gasteiger charge is 2.26. The number of nitrogen functional groups attached to an aromatic ring is 1. The average molecular weight is 506 g/mol. The molecule has 7 nitrogen and oxygen atoms in total. The lowest BCUT2D eigenvalue weighted by Crippen LogP contribution is -2.24. The Kier molecular flexibility index (Phi) is 7.50. The lowest BCUT2D eigenvalue weighted by Gasteiger charge is -2.11. The second-order valence-electron chi connectivity index (χ2n) is 7.78. The van der Waals surface area contributed by atoms with Crippen LogP contribution in [0.2, 0.25) is 0 Å². The molecule has 0 fully saturated rings. The minimum Gasteiger partial charge on any atom is -0.497 e. The minimum absolute atomic E-state index is 0.0443. The number of carbonyl (C=O) groups is 2. The molecular formula is C27H24FN3O4S. The van der Waals surface area contributed by atoms with Crippen molar-refractivity contribution in [1.29, 1.82) is 0 Å². The summed E-state index contributed by atoms with van der Waals surface area (Å²) >= 11 is 1.06. The van der Waals surface area contributed by atoms with Gasteiger partial charge in [0, 0.05) is 23.9 Å². The fraction of sp³-hybridized carbons (Fsp3) is 0.111. The largest absolute Gasteiger partial charge is 0.497 e. The van der Waals surface area contributed by atoms with Crippen LogP contribution in [0.5, 0.6) is 11.5 Å². The summed E-state index contributed by atoms with van der Waals surface area (Å²) in [7, 11) is 3.12. The van der Waals surface area contributed by atoms with Gasteiger partial charge in [-0.15, -0.1) is 11.3 Å². The van der Waals surface area contributed by atoms with E-state index in [9.17, 15) is 14.0 Å². The molecule has 9 heteroatoms. The Balaban J connectivity index is 1.68. The van der Waals surface area contributed by atoms with Gasteiger partial charge in [0.2, 0.25) is 5.78 Å². The summed E-state index contributed by atoms with van der Waals surface area (Å²) in [6.45, 7) is 0.227. The fourth-order valence-electron chi connectivity index (χ4n) is 3.54. The first-order valence-electron chi connectivity index (χ1n) is 10.9. The van der Waals surface area contributed by atoms with Crippen LogP contribution in [-0.4, -0.2) is 25.9 Å². The Morgan fingerprint density at radius 1 is 0.944 bits per heavy atom. The number of amides is 1. The third-order valence-corrected chi connectivity index (χ3v) is 6.52. The SMILES string of the molecule is COc1cccc(CNC(=O)c2c(Nc3cccc(OC)c3)sc(C(=O)c3ccc(F)cc3)c2N)c1. The monoisotopic (exact) mass is 505 g/mol. The van der Waals surface area contributed by atoms with Crippen LogP contribution in [0.4, 0.5) is 20.8 Å². The Bertz CT molecular complexity index is 1400. The van der Waals surface area contributed by atoms with Gasteiger partial charge in [-0.25, -0.2) is 4.39 Å². The molecule has 0 spiro atoms. The Hall–Kier alpha value is -4.37. The van der Waals surface area contributed by atoms with Crippen molar-refractivity contribution in [3.63, 3.8) is 0 Å². The maximum atomic E-state index is 13.4. The molecule has 4 rings (SSSR count). The first kappa shape index (κ1) is 24.7. The maximum Gasteiger partial charge on any atom is 0.256 e. The zero-order chi connectivity index (χ0) is 25.7. The molecule has 3 aromatic carbocycles. The number of halogens is 1. The second kappa shape index (κ2) is 10.9. The first-order chi connectivity index (χ1) is 17.4. The minimum atomic E-state index is -0.455. The number of methoxy groups -OCH3 is 2. The molecule has 1 heterocycles. The highest BCUT2D eigenvalue weighted by molar-refractivity contribution is 7.19. The third kappa shape index (κ3) is 5.47. The van der Waals surface area contributed by atoms with Gasteiger partial charge in [0.1, 0.15) is 27.2 Å². The van der Waals surface area contributed by atoms with Crippen LogP contribution in [0, 0.1) is 5.82 Å². The van der Waals surface area contributed by atoms with E-state index >= 15 is 0 Å². The number of carbonyl (C=O) groups excluding carboxylic acids is 2. The summed E-state index contributed by atoms with van der Waals surface area (Å²) in [5.74, 6) is -0.0163. The lowest BCUT2D eigenvalue weighted by molar-refractivity contribution is 0.0953. The molecule has 36 heavy (non-hydrogen) atoms. The Morgan fingerprint density at radius 2 is 1.61 bits per heavy atom. The summed E-state index contributed by atoms with van der Waals surface area (Å²) in [5.41, 5.74) is 8.31. The highest BCUT2D eigenvalue weighted by Crippen LogP contribution is 2.39. The molecule has 0 aliphatic heterocycles. The molecule has 0 saturated carbocycles. The van der Waals surface area contributed by atoms with E-state index in [0.717, 1.165) is 16.9 Å². The molecule has 4 aromatic rings. The van der Waals surface area contributed by atoms with Crippen LogP contribution >= 0.6 is 11.3 Å². The van der Waals surface area contributed by atoms with Gasteiger partial charge in [-0.2, -0.15) is 0 Å². The van der Waals surface area contributed by atoms with Gasteiger partial charge in [-0.05, 0) is 54.1 Å². The number of anilines is 3. The number of hydrogen-bond donors (Lipinski definition) is 3. The molecule has 0 bridgehead atoms. The van der Waals surface area contributed by atoms with Gasteiger partial charge in [-0.3, -0.25) is 9.59 Å².